The maximum Gasteiger partial charge on any atom is 0.143 e. The first-order valence-electron chi connectivity index (χ1n) is 8.49. The number of nitrogens with one attached hydrogen (secondary N) is 1. The minimum atomic E-state index is -0.244. The lowest BCUT2D eigenvalue weighted by Crippen LogP contribution is -2.00. The average molecular weight is 442 g/mol. The second-order valence-corrected chi connectivity index (χ2v) is 8.54. The molecule has 4 rings (SSSR count). The minimum Gasteiger partial charge on any atom is -0.339 e. The Morgan fingerprint density at radius 1 is 1.00 bits per heavy atom. The fraction of sp³-hybridized carbons (Fsp3) is 0.143. The molecule has 0 bridgehead atoms. The van der Waals surface area contributed by atoms with E-state index >= 15 is 0 Å². The van der Waals surface area contributed by atoms with Crippen molar-refractivity contribution in [1.29, 1.82) is 0 Å². The third-order valence-electron chi connectivity index (χ3n) is 4.41. The molecule has 0 unspecified atom stereocenters. The Bertz CT molecular complexity index is 1150. The molecule has 3 nitrogen and oxygen atoms in total. The van der Waals surface area contributed by atoms with Crippen LogP contribution < -0.4 is 5.32 Å². The summed E-state index contributed by atoms with van der Waals surface area (Å²) in [5.74, 6) is 1.24. The van der Waals surface area contributed by atoms with E-state index in [2.05, 4.69) is 51.1 Å². The summed E-state index contributed by atoms with van der Waals surface area (Å²) in [6, 6.07) is 12.7. The first kappa shape index (κ1) is 18.1. The average Bonchev–Trinajstić information content (AvgIpc) is 2.94. The topological polar surface area (TPSA) is 37.8 Å². The number of benzene rings is 2. The summed E-state index contributed by atoms with van der Waals surface area (Å²) >= 11 is 5.13. The summed E-state index contributed by atoms with van der Waals surface area (Å²) in [7, 11) is 0. The van der Waals surface area contributed by atoms with Gasteiger partial charge in [0, 0.05) is 20.6 Å². The number of fused-ring (bicyclic) bond motifs is 1. The smallest absolute Gasteiger partial charge is 0.143 e. The lowest BCUT2D eigenvalue weighted by molar-refractivity contribution is 0.628. The third-order valence-corrected chi connectivity index (χ3v) is 5.91. The highest BCUT2D eigenvalue weighted by atomic mass is 79.9. The first-order valence-corrected chi connectivity index (χ1v) is 10.1. The second kappa shape index (κ2) is 7.02. The Balaban J connectivity index is 1.93. The van der Waals surface area contributed by atoms with Gasteiger partial charge in [0.1, 0.15) is 22.3 Å². The number of hydrogen-bond acceptors (Lipinski definition) is 4. The molecule has 6 heteroatoms. The molecule has 0 saturated carbocycles. The lowest BCUT2D eigenvalue weighted by Gasteiger charge is -2.12. The fourth-order valence-corrected chi connectivity index (χ4v) is 4.73. The van der Waals surface area contributed by atoms with Crippen LogP contribution in [0.1, 0.15) is 16.3 Å². The largest absolute Gasteiger partial charge is 0.339 e. The predicted molar refractivity (Wildman–Crippen MR) is 114 cm³/mol. The maximum absolute atomic E-state index is 13.4. The van der Waals surface area contributed by atoms with Crippen molar-refractivity contribution >= 4 is 49.0 Å². The molecule has 0 radical (unpaired) electrons. The van der Waals surface area contributed by atoms with E-state index in [4.69, 9.17) is 0 Å². The summed E-state index contributed by atoms with van der Waals surface area (Å²) < 4.78 is 14.4. The van der Waals surface area contributed by atoms with Gasteiger partial charge < -0.3 is 5.32 Å². The molecule has 136 valence electrons. The Morgan fingerprint density at radius 3 is 2.44 bits per heavy atom. The molecule has 2 aromatic carbocycles. The molecule has 0 atom stereocenters. The van der Waals surface area contributed by atoms with Crippen molar-refractivity contribution in [2.24, 2.45) is 0 Å². The van der Waals surface area contributed by atoms with Crippen molar-refractivity contribution in [2.45, 2.75) is 20.8 Å². The molecular formula is C21H17BrFN3S. The van der Waals surface area contributed by atoms with Crippen LogP contribution in [0, 0.1) is 26.6 Å². The monoisotopic (exact) mass is 441 g/mol. The van der Waals surface area contributed by atoms with E-state index in [1.165, 1.54) is 12.1 Å². The molecule has 0 saturated heterocycles. The van der Waals surface area contributed by atoms with E-state index < -0.39 is 0 Å². The van der Waals surface area contributed by atoms with Crippen LogP contribution in [0.5, 0.6) is 0 Å². The normalized spacial score (nSPS) is 11.1. The lowest BCUT2D eigenvalue weighted by atomic mass is 10.0. The van der Waals surface area contributed by atoms with Crippen LogP contribution in [0.25, 0.3) is 21.3 Å². The summed E-state index contributed by atoms with van der Waals surface area (Å²) in [5, 5.41) is 4.45. The van der Waals surface area contributed by atoms with Gasteiger partial charge in [-0.1, -0.05) is 28.1 Å². The van der Waals surface area contributed by atoms with E-state index in [1.54, 1.807) is 23.5 Å². The van der Waals surface area contributed by atoms with Gasteiger partial charge in [0.2, 0.25) is 0 Å². The number of aryl methyl sites for hydroxylation is 3. The van der Waals surface area contributed by atoms with Crippen molar-refractivity contribution in [3.8, 4) is 11.1 Å². The molecule has 0 spiro atoms. The van der Waals surface area contributed by atoms with Gasteiger partial charge in [0.15, 0.2) is 0 Å². The number of thiophene rings is 1. The number of nitrogens with zero attached hydrogens (tertiary/aromatic N) is 2. The van der Waals surface area contributed by atoms with Gasteiger partial charge in [-0.3, -0.25) is 0 Å². The number of anilines is 2. The number of hydrogen-bond donors (Lipinski definition) is 1. The molecule has 0 fully saturated rings. The van der Waals surface area contributed by atoms with Crippen LogP contribution in [0.15, 0.2) is 46.9 Å². The standard InChI is InChI=1S/C21H17BrFN3S/c1-11-10-15(22)6-9-17(11)26-20-19-18(14-4-7-16(23)8-5-14)12(2)27-21(19)25-13(3)24-20/h4-10H,1-3H3,(H,24,25,26). The molecule has 1 N–H and O–H groups in total. The number of halogens is 2. The zero-order valence-electron chi connectivity index (χ0n) is 15.1. The van der Waals surface area contributed by atoms with Gasteiger partial charge >= 0.3 is 0 Å². The molecule has 0 aliphatic carbocycles. The van der Waals surface area contributed by atoms with Crippen LogP contribution in [0.2, 0.25) is 0 Å². The summed E-state index contributed by atoms with van der Waals surface area (Å²) in [4.78, 5) is 11.4. The predicted octanol–water partition coefficient (Wildman–Crippen LogP) is 6.93. The van der Waals surface area contributed by atoms with Gasteiger partial charge in [-0.05, 0) is 62.2 Å². The van der Waals surface area contributed by atoms with Gasteiger partial charge in [-0.15, -0.1) is 11.3 Å². The Labute approximate surface area is 169 Å². The van der Waals surface area contributed by atoms with Crippen molar-refractivity contribution in [3.05, 3.63) is 69.0 Å². The molecule has 2 aromatic heterocycles. The van der Waals surface area contributed by atoms with Gasteiger partial charge in [-0.2, -0.15) is 0 Å². The highest BCUT2D eigenvalue weighted by Crippen LogP contribution is 2.41. The molecule has 0 amide bonds. The third kappa shape index (κ3) is 3.47. The van der Waals surface area contributed by atoms with Crippen LogP contribution in [-0.2, 0) is 0 Å². The Kier molecular flexibility index (Phi) is 4.70. The molecule has 0 aliphatic rings. The highest BCUT2D eigenvalue weighted by molar-refractivity contribution is 9.10. The zero-order chi connectivity index (χ0) is 19.1. The van der Waals surface area contributed by atoms with Crippen LogP contribution in [0.4, 0.5) is 15.9 Å². The van der Waals surface area contributed by atoms with E-state index in [1.807, 2.05) is 19.1 Å². The number of rotatable bonds is 3. The Morgan fingerprint density at radius 2 is 1.74 bits per heavy atom. The number of aromatic nitrogens is 2. The fourth-order valence-electron chi connectivity index (χ4n) is 3.17. The highest BCUT2D eigenvalue weighted by Gasteiger charge is 2.18. The molecule has 4 aromatic rings. The van der Waals surface area contributed by atoms with Crippen molar-refractivity contribution < 1.29 is 4.39 Å². The van der Waals surface area contributed by atoms with Gasteiger partial charge in [0.25, 0.3) is 0 Å². The van der Waals surface area contributed by atoms with Crippen molar-refractivity contribution in [1.82, 2.24) is 9.97 Å². The summed E-state index contributed by atoms with van der Waals surface area (Å²) in [5.41, 5.74) is 4.12. The van der Waals surface area contributed by atoms with Gasteiger partial charge in [0.05, 0.1) is 5.39 Å². The minimum absolute atomic E-state index is 0.244. The Hall–Kier alpha value is -2.31. The molecular weight excluding hydrogens is 425 g/mol. The summed E-state index contributed by atoms with van der Waals surface area (Å²) in [6.07, 6.45) is 0. The van der Waals surface area contributed by atoms with E-state index in [-0.39, 0.29) is 5.82 Å². The first-order chi connectivity index (χ1) is 12.9. The molecule has 0 aliphatic heterocycles. The summed E-state index contributed by atoms with van der Waals surface area (Å²) in [6.45, 7) is 6.01. The van der Waals surface area contributed by atoms with Gasteiger partial charge in [-0.25, -0.2) is 14.4 Å². The van der Waals surface area contributed by atoms with Crippen molar-refractivity contribution in [3.63, 3.8) is 0 Å². The SMILES string of the molecule is Cc1nc(Nc2ccc(Br)cc2C)c2c(-c3ccc(F)cc3)c(C)sc2n1. The van der Waals surface area contributed by atoms with Crippen molar-refractivity contribution in [2.75, 3.05) is 5.32 Å². The second-order valence-electron chi connectivity index (χ2n) is 6.42. The molecule has 2 heterocycles. The van der Waals surface area contributed by atoms with Crippen LogP contribution >= 0.6 is 27.3 Å². The molecule has 27 heavy (non-hydrogen) atoms. The van der Waals surface area contributed by atoms with Crippen LogP contribution in [-0.4, -0.2) is 9.97 Å². The van der Waals surface area contributed by atoms with E-state index in [0.717, 1.165) is 47.8 Å². The van der Waals surface area contributed by atoms with E-state index in [0.29, 0.717) is 5.82 Å². The maximum atomic E-state index is 13.4. The quantitative estimate of drug-likeness (QED) is 0.374. The van der Waals surface area contributed by atoms with Crippen LogP contribution in [0.3, 0.4) is 0 Å². The zero-order valence-corrected chi connectivity index (χ0v) is 17.5. The van der Waals surface area contributed by atoms with E-state index in [9.17, 15) is 4.39 Å².